The SMILES string of the molecule is CCCC(=O)Oc1ccc(Cl)c(C)c1. The molecule has 0 aliphatic rings. The number of aryl methyl sites for hydroxylation is 1. The van der Waals surface area contributed by atoms with Crippen LogP contribution >= 0.6 is 11.6 Å². The lowest BCUT2D eigenvalue weighted by atomic mass is 10.2. The van der Waals surface area contributed by atoms with Gasteiger partial charge in [-0.1, -0.05) is 18.5 Å². The van der Waals surface area contributed by atoms with Gasteiger partial charge in [-0.2, -0.15) is 0 Å². The molecule has 0 N–H and O–H groups in total. The van der Waals surface area contributed by atoms with E-state index >= 15 is 0 Å². The van der Waals surface area contributed by atoms with Crippen molar-refractivity contribution in [1.82, 2.24) is 0 Å². The molecule has 0 fully saturated rings. The molecule has 0 aliphatic heterocycles. The molecule has 1 aromatic rings. The van der Waals surface area contributed by atoms with Gasteiger partial charge in [-0.15, -0.1) is 0 Å². The Morgan fingerprint density at radius 3 is 2.79 bits per heavy atom. The van der Waals surface area contributed by atoms with Gasteiger partial charge < -0.3 is 4.74 Å². The second-order valence-corrected chi connectivity index (χ2v) is 3.54. The molecule has 0 aromatic heterocycles. The van der Waals surface area contributed by atoms with Crippen molar-refractivity contribution < 1.29 is 9.53 Å². The van der Waals surface area contributed by atoms with Gasteiger partial charge in [0.1, 0.15) is 5.75 Å². The Kier molecular flexibility index (Phi) is 3.96. The van der Waals surface area contributed by atoms with Crippen molar-refractivity contribution in [3.8, 4) is 5.75 Å². The Morgan fingerprint density at radius 2 is 2.21 bits per heavy atom. The predicted octanol–water partition coefficient (Wildman–Crippen LogP) is 3.35. The molecule has 2 nitrogen and oxygen atoms in total. The minimum Gasteiger partial charge on any atom is -0.427 e. The van der Waals surface area contributed by atoms with Crippen LogP contribution in [0.1, 0.15) is 25.3 Å². The summed E-state index contributed by atoms with van der Waals surface area (Å²) in [5, 5.41) is 0.681. The Morgan fingerprint density at radius 1 is 1.50 bits per heavy atom. The van der Waals surface area contributed by atoms with Gasteiger partial charge in [0.25, 0.3) is 0 Å². The van der Waals surface area contributed by atoms with Gasteiger partial charge in [0.15, 0.2) is 0 Å². The Bertz CT molecular complexity index is 334. The third kappa shape index (κ3) is 3.04. The summed E-state index contributed by atoms with van der Waals surface area (Å²) in [5.41, 5.74) is 0.911. The molecule has 0 saturated carbocycles. The normalized spacial score (nSPS) is 9.93. The largest absolute Gasteiger partial charge is 0.427 e. The molecule has 3 heteroatoms. The van der Waals surface area contributed by atoms with E-state index in [0.717, 1.165) is 12.0 Å². The fourth-order valence-electron chi connectivity index (χ4n) is 1.07. The second kappa shape index (κ2) is 5.01. The summed E-state index contributed by atoms with van der Waals surface area (Å²) in [5.74, 6) is 0.361. The summed E-state index contributed by atoms with van der Waals surface area (Å²) in [6.45, 7) is 3.81. The number of rotatable bonds is 3. The van der Waals surface area contributed by atoms with E-state index in [1.54, 1.807) is 18.2 Å². The lowest BCUT2D eigenvalue weighted by Gasteiger charge is -2.04. The topological polar surface area (TPSA) is 26.3 Å². The zero-order valence-electron chi connectivity index (χ0n) is 8.34. The van der Waals surface area contributed by atoms with Gasteiger partial charge in [-0.25, -0.2) is 0 Å². The van der Waals surface area contributed by atoms with Crippen LogP contribution in [0.25, 0.3) is 0 Å². The van der Waals surface area contributed by atoms with Gasteiger partial charge in [0.05, 0.1) is 0 Å². The maximum Gasteiger partial charge on any atom is 0.311 e. The first-order valence-corrected chi connectivity index (χ1v) is 4.98. The van der Waals surface area contributed by atoms with Crippen LogP contribution in [-0.2, 0) is 4.79 Å². The molecule has 1 rings (SSSR count). The van der Waals surface area contributed by atoms with Gasteiger partial charge in [-0.3, -0.25) is 4.79 Å². The molecule has 0 heterocycles. The number of carbonyl (C=O) groups excluding carboxylic acids is 1. The molecular formula is C11H13ClO2. The predicted molar refractivity (Wildman–Crippen MR) is 56.7 cm³/mol. The molecule has 0 radical (unpaired) electrons. The summed E-state index contributed by atoms with van der Waals surface area (Å²) in [7, 11) is 0. The van der Waals surface area contributed by atoms with Crippen molar-refractivity contribution >= 4 is 17.6 Å². The third-order valence-corrected chi connectivity index (χ3v) is 2.24. The molecule has 0 amide bonds. The first-order chi connectivity index (χ1) is 6.63. The minimum absolute atomic E-state index is 0.200. The zero-order chi connectivity index (χ0) is 10.6. The van der Waals surface area contributed by atoms with E-state index < -0.39 is 0 Å². The summed E-state index contributed by atoms with van der Waals surface area (Å²) in [4.78, 5) is 11.2. The average molecular weight is 213 g/mol. The molecule has 76 valence electrons. The highest BCUT2D eigenvalue weighted by Gasteiger charge is 2.04. The number of esters is 1. The van der Waals surface area contributed by atoms with Gasteiger partial charge in [0, 0.05) is 11.4 Å². The van der Waals surface area contributed by atoms with E-state index in [4.69, 9.17) is 16.3 Å². The molecule has 14 heavy (non-hydrogen) atoms. The lowest BCUT2D eigenvalue weighted by Crippen LogP contribution is -2.06. The molecule has 0 atom stereocenters. The van der Waals surface area contributed by atoms with Crippen LogP contribution in [0.3, 0.4) is 0 Å². The number of carbonyl (C=O) groups is 1. The fraction of sp³-hybridized carbons (Fsp3) is 0.364. The molecule has 0 spiro atoms. The maximum atomic E-state index is 11.2. The third-order valence-electron chi connectivity index (χ3n) is 1.82. The monoisotopic (exact) mass is 212 g/mol. The quantitative estimate of drug-likeness (QED) is 0.567. The number of ether oxygens (including phenoxy) is 1. The van der Waals surface area contributed by atoms with Crippen LogP contribution in [0.15, 0.2) is 18.2 Å². The van der Waals surface area contributed by atoms with E-state index in [0.29, 0.717) is 17.2 Å². The highest BCUT2D eigenvalue weighted by molar-refractivity contribution is 6.31. The van der Waals surface area contributed by atoms with Crippen LogP contribution in [0, 0.1) is 6.92 Å². The van der Waals surface area contributed by atoms with E-state index in [1.807, 2.05) is 13.8 Å². The summed E-state index contributed by atoms with van der Waals surface area (Å²) in [6.07, 6.45) is 1.24. The number of hydrogen-bond donors (Lipinski definition) is 0. The number of halogens is 1. The van der Waals surface area contributed by atoms with Gasteiger partial charge in [0.2, 0.25) is 0 Å². The van der Waals surface area contributed by atoms with Crippen LogP contribution in [0.5, 0.6) is 5.75 Å². The van der Waals surface area contributed by atoms with Crippen molar-refractivity contribution in [2.24, 2.45) is 0 Å². The van der Waals surface area contributed by atoms with Crippen LogP contribution < -0.4 is 4.74 Å². The van der Waals surface area contributed by atoms with Crippen molar-refractivity contribution in [2.75, 3.05) is 0 Å². The van der Waals surface area contributed by atoms with Crippen molar-refractivity contribution in [3.05, 3.63) is 28.8 Å². The molecular weight excluding hydrogens is 200 g/mol. The fourth-order valence-corrected chi connectivity index (χ4v) is 1.18. The molecule has 0 aliphatic carbocycles. The van der Waals surface area contributed by atoms with Gasteiger partial charge in [-0.05, 0) is 37.1 Å². The molecule has 0 unspecified atom stereocenters. The summed E-state index contributed by atoms with van der Waals surface area (Å²) in [6, 6.07) is 5.18. The number of hydrogen-bond acceptors (Lipinski definition) is 2. The van der Waals surface area contributed by atoms with Crippen LogP contribution in [0.4, 0.5) is 0 Å². The lowest BCUT2D eigenvalue weighted by molar-refractivity contribution is -0.134. The molecule has 0 bridgehead atoms. The van der Waals surface area contributed by atoms with Crippen molar-refractivity contribution in [3.63, 3.8) is 0 Å². The minimum atomic E-state index is -0.200. The van der Waals surface area contributed by atoms with E-state index in [1.165, 1.54) is 0 Å². The van der Waals surface area contributed by atoms with E-state index in [9.17, 15) is 4.79 Å². The van der Waals surface area contributed by atoms with Crippen molar-refractivity contribution in [2.45, 2.75) is 26.7 Å². The van der Waals surface area contributed by atoms with Gasteiger partial charge >= 0.3 is 5.97 Å². The van der Waals surface area contributed by atoms with Crippen LogP contribution in [-0.4, -0.2) is 5.97 Å². The summed E-state index contributed by atoms with van der Waals surface area (Å²) >= 11 is 5.84. The number of benzene rings is 1. The van der Waals surface area contributed by atoms with Crippen LogP contribution in [0.2, 0.25) is 5.02 Å². The van der Waals surface area contributed by atoms with Crippen molar-refractivity contribution in [1.29, 1.82) is 0 Å². The maximum absolute atomic E-state index is 11.2. The first kappa shape index (κ1) is 11.1. The zero-order valence-corrected chi connectivity index (χ0v) is 9.10. The Balaban J connectivity index is 2.68. The second-order valence-electron chi connectivity index (χ2n) is 3.14. The standard InChI is InChI=1S/C11H13ClO2/c1-3-4-11(13)14-9-5-6-10(12)8(2)7-9/h5-7H,3-4H2,1-2H3. The molecule has 0 saturated heterocycles. The highest BCUT2D eigenvalue weighted by atomic mass is 35.5. The smallest absolute Gasteiger partial charge is 0.311 e. The summed E-state index contributed by atoms with van der Waals surface area (Å²) < 4.78 is 5.09. The molecule has 1 aromatic carbocycles. The van der Waals surface area contributed by atoms with E-state index in [2.05, 4.69) is 0 Å². The average Bonchev–Trinajstić information content (AvgIpc) is 2.12. The Labute approximate surface area is 88.8 Å². The van der Waals surface area contributed by atoms with E-state index in [-0.39, 0.29) is 5.97 Å². The first-order valence-electron chi connectivity index (χ1n) is 4.60. The highest BCUT2D eigenvalue weighted by Crippen LogP contribution is 2.21. The Hall–Kier alpha value is -1.02.